The van der Waals surface area contributed by atoms with Crippen molar-refractivity contribution in [3.05, 3.63) is 12.2 Å². The van der Waals surface area contributed by atoms with E-state index in [9.17, 15) is 14.7 Å². The lowest BCUT2D eigenvalue weighted by Gasteiger charge is -2.28. The van der Waals surface area contributed by atoms with Crippen LogP contribution in [0.4, 0.5) is 4.79 Å². The van der Waals surface area contributed by atoms with E-state index in [1.54, 1.807) is 7.05 Å². The van der Waals surface area contributed by atoms with Crippen molar-refractivity contribution in [2.24, 2.45) is 5.41 Å². The second-order valence-electron chi connectivity index (χ2n) is 4.74. The summed E-state index contributed by atoms with van der Waals surface area (Å²) in [5.74, 6) is -0.321. The Labute approximate surface area is 117 Å². The van der Waals surface area contributed by atoms with E-state index >= 15 is 0 Å². The number of carboxylic acid groups (broad SMARTS) is 1. The van der Waals surface area contributed by atoms with Gasteiger partial charge >= 0.3 is 12.0 Å². The molecule has 0 saturated heterocycles. The number of urea groups is 1. The molecular formula is C12H21N5O3. The van der Waals surface area contributed by atoms with Crippen LogP contribution in [0.5, 0.6) is 0 Å². The van der Waals surface area contributed by atoms with Crippen molar-refractivity contribution in [2.75, 3.05) is 13.6 Å². The quantitative estimate of drug-likeness (QED) is 0.686. The summed E-state index contributed by atoms with van der Waals surface area (Å²) in [4.78, 5) is 28.6. The number of nitrogens with zero attached hydrogens (tertiary/aromatic N) is 3. The first-order chi connectivity index (χ1) is 9.45. The molecule has 2 amide bonds. The molecular weight excluding hydrogens is 262 g/mol. The van der Waals surface area contributed by atoms with Gasteiger partial charge in [-0.25, -0.2) is 9.78 Å². The molecule has 0 aliphatic heterocycles. The molecule has 8 nitrogen and oxygen atoms in total. The molecule has 0 aliphatic carbocycles. The van der Waals surface area contributed by atoms with E-state index < -0.39 is 11.4 Å². The Bertz CT molecular complexity index is 442. The van der Waals surface area contributed by atoms with Crippen LogP contribution in [0.1, 0.15) is 32.5 Å². The Morgan fingerprint density at radius 2 is 2.10 bits per heavy atom. The third-order valence-electron chi connectivity index (χ3n) is 3.58. The monoisotopic (exact) mass is 283 g/mol. The van der Waals surface area contributed by atoms with Crippen LogP contribution in [0, 0.1) is 5.41 Å². The maximum atomic E-state index is 11.9. The van der Waals surface area contributed by atoms with Crippen molar-refractivity contribution in [3.8, 4) is 0 Å². The number of amides is 2. The molecule has 1 aromatic rings. The SMILES string of the molecule is CCC(CC)(CNC(=O)N(C)Cc1ncn[nH]1)C(=O)O. The van der Waals surface area contributed by atoms with E-state index in [-0.39, 0.29) is 19.1 Å². The molecule has 1 aromatic heterocycles. The molecule has 0 atom stereocenters. The third kappa shape index (κ3) is 3.69. The molecule has 1 heterocycles. The van der Waals surface area contributed by atoms with Crippen molar-refractivity contribution in [1.29, 1.82) is 0 Å². The molecule has 112 valence electrons. The summed E-state index contributed by atoms with van der Waals surface area (Å²) in [5.41, 5.74) is -0.914. The zero-order valence-corrected chi connectivity index (χ0v) is 12.0. The highest BCUT2D eigenvalue weighted by Gasteiger charge is 2.35. The molecule has 3 N–H and O–H groups in total. The van der Waals surface area contributed by atoms with Gasteiger partial charge in [0, 0.05) is 13.6 Å². The molecule has 1 rings (SSSR count). The summed E-state index contributed by atoms with van der Waals surface area (Å²) < 4.78 is 0. The molecule has 0 fully saturated rings. The predicted molar refractivity (Wildman–Crippen MR) is 71.9 cm³/mol. The van der Waals surface area contributed by atoms with Crippen LogP contribution in [0.2, 0.25) is 0 Å². The summed E-state index contributed by atoms with van der Waals surface area (Å²) in [5, 5.41) is 18.3. The number of aliphatic carboxylic acids is 1. The normalized spacial score (nSPS) is 11.2. The number of carbonyl (C=O) groups excluding carboxylic acids is 1. The number of hydrogen-bond donors (Lipinski definition) is 3. The van der Waals surface area contributed by atoms with E-state index in [1.165, 1.54) is 11.2 Å². The second-order valence-corrected chi connectivity index (χ2v) is 4.74. The number of rotatable bonds is 7. The number of hydrogen-bond acceptors (Lipinski definition) is 4. The van der Waals surface area contributed by atoms with Crippen molar-refractivity contribution in [3.63, 3.8) is 0 Å². The van der Waals surface area contributed by atoms with Gasteiger partial charge in [0.05, 0.1) is 12.0 Å². The van der Waals surface area contributed by atoms with Crippen LogP contribution in [0.15, 0.2) is 6.33 Å². The highest BCUT2D eigenvalue weighted by atomic mass is 16.4. The topological polar surface area (TPSA) is 111 Å². The number of aromatic amines is 1. The number of carboxylic acids is 1. The molecule has 0 unspecified atom stereocenters. The van der Waals surface area contributed by atoms with Crippen LogP contribution in [-0.4, -0.2) is 50.8 Å². The fraction of sp³-hybridized carbons (Fsp3) is 0.667. The molecule has 0 bridgehead atoms. The summed E-state index contributed by atoms with van der Waals surface area (Å²) in [7, 11) is 1.61. The number of nitrogens with one attached hydrogen (secondary N) is 2. The second kappa shape index (κ2) is 6.88. The Morgan fingerprint density at radius 3 is 2.55 bits per heavy atom. The van der Waals surface area contributed by atoms with Gasteiger partial charge in [0.2, 0.25) is 0 Å². The van der Waals surface area contributed by atoms with Crippen LogP contribution >= 0.6 is 0 Å². The average molecular weight is 283 g/mol. The van der Waals surface area contributed by atoms with Crippen molar-refractivity contribution < 1.29 is 14.7 Å². The van der Waals surface area contributed by atoms with Crippen molar-refractivity contribution in [1.82, 2.24) is 25.4 Å². The van der Waals surface area contributed by atoms with Gasteiger partial charge in [0.25, 0.3) is 0 Å². The number of aromatic nitrogens is 3. The van der Waals surface area contributed by atoms with Crippen LogP contribution < -0.4 is 5.32 Å². The van der Waals surface area contributed by atoms with Gasteiger partial charge in [0.1, 0.15) is 12.2 Å². The van der Waals surface area contributed by atoms with Gasteiger partial charge in [0.15, 0.2) is 0 Å². The molecule has 20 heavy (non-hydrogen) atoms. The van der Waals surface area contributed by atoms with E-state index in [2.05, 4.69) is 20.5 Å². The fourth-order valence-corrected chi connectivity index (χ4v) is 1.86. The van der Waals surface area contributed by atoms with Gasteiger partial charge in [-0.3, -0.25) is 9.89 Å². The average Bonchev–Trinajstić information content (AvgIpc) is 2.92. The summed E-state index contributed by atoms with van der Waals surface area (Å²) in [6, 6.07) is -0.339. The van der Waals surface area contributed by atoms with Crippen LogP contribution in [-0.2, 0) is 11.3 Å². The summed E-state index contributed by atoms with van der Waals surface area (Å²) in [6.45, 7) is 4.00. The minimum Gasteiger partial charge on any atom is -0.481 e. The Hall–Kier alpha value is -2.12. The summed E-state index contributed by atoms with van der Waals surface area (Å²) >= 11 is 0. The van der Waals surface area contributed by atoms with Gasteiger partial charge in [-0.1, -0.05) is 13.8 Å². The molecule has 0 aliphatic rings. The maximum Gasteiger partial charge on any atom is 0.317 e. The fourth-order valence-electron chi connectivity index (χ4n) is 1.86. The van der Waals surface area contributed by atoms with E-state index in [0.29, 0.717) is 18.7 Å². The van der Waals surface area contributed by atoms with E-state index in [1.807, 2.05) is 13.8 Å². The molecule has 0 radical (unpaired) electrons. The van der Waals surface area contributed by atoms with Gasteiger partial charge in [-0.05, 0) is 12.8 Å². The number of H-pyrrole nitrogens is 1. The van der Waals surface area contributed by atoms with Crippen molar-refractivity contribution >= 4 is 12.0 Å². The van der Waals surface area contributed by atoms with E-state index in [0.717, 1.165) is 0 Å². The first kappa shape index (κ1) is 15.9. The zero-order valence-electron chi connectivity index (χ0n) is 12.0. The van der Waals surface area contributed by atoms with Gasteiger partial charge < -0.3 is 15.3 Å². The highest BCUT2D eigenvalue weighted by molar-refractivity contribution is 5.78. The van der Waals surface area contributed by atoms with Crippen LogP contribution in [0.25, 0.3) is 0 Å². The largest absolute Gasteiger partial charge is 0.481 e. The predicted octanol–water partition coefficient (Wildman–Crippen LogP) is 0.837. The van der Waals surface area contributed by atoms with E-state index in [4.69, 9.17) is 0 Å². The first-order valence-electron chi connectivity index (χ1n) is 6.51. The van der Waals surface area contributed by atoms with Gasteiger partial charge in [-0.15, -0.1) is 0 Å². The molecule has 0 spiro atoms. The van der Waals surface area contributed by atoms with Gasteiger partial charge in [-0.2, -0.15) is 5.10 Å². The molecule has 8 heteroatoms. The Kier molecular flexibility index (Phi) is 5.48. The minimum atomic E-state index is -0.914. The Morgan fingerprint density at radius 1 is 1.45 bits per heavy atom. The maximum absolute atomic E-state index is 11.9. The summed E-state index contributed by atoms with van der Waals surface area (Å²) in [6.07, 6.45) is 2.29. The number of carbonyl (C=O) groups is 2. The lowest BCUT2D eigenvalue weighted by molar-refractivity contribution is -0.149. The zero-order chi connectivity index (χ0) is 15.2. The third-order valence-corrected chi connectivity index (χ3v) is 3.58. The lowest BCUT2D eigenvalue weighted by Crippen LogP contribution is -2.46. The minimum absolute atomic E-state index is 0.106. The van der Waals surface area contributed by atoms with Crippen LogP contribution in [0.3, 0.4) is 0 Å². The molecule has 0 aromatic carbocycles. The molecule has 0 saturated carbocycles. The Balaban J connectivity index is 2.55. The van der Waals surface area contributed by atoms with Crippen molar-refractivity contribution in [2.45, 2.75) is 33.2 Å². The standard InChI is InChI=1S/C12H21N5O3/c1-4-12(5-2,10(18)19)7-13-11(20)17(3)6-9-14-8-15-16-9/h8H,4-7H2,1-3H3,(H,13,20)(H,18,19)(H,14,15,16). The smallest absolute Gasteiger partial charge is 0.317 e. The first-order valence-corrected chi connectivity index (χ1v) is 6.51. The lowest BCUT2D eigenvalue weighted by atomic mass is 9.82. The highest BCUT2D eigenvalue weighted by Crippen LogP contribution is 2.25.